The lowest BCUT2D eigenvalue weighted by Crippen LogP contribution is -2.27. The third kappa shape index (κ3) is 4.13. The number of para-hydroxylation sites is 1. The maximum Gasteiger partial charge on any atom is 0.226 e. The summed E-state index contributed by atoms with van der Waals surface area (Å²) in [7, 11) is 1.75. The molecule has 25 heavy (non-hydrogen) atoms. The van der Waals surface area contributed by atoms with E-state index in [4.69, 9.17) is 14.0 Å². The van der Waals surface area contributed by atoms with Gasteiger partial charge in [-0.05, 0) is 26.8 Å². The van der Waals surface area contributed by atoms with Gasteiger partial charge in [0.2, 0.25) is 5.91 Å². The van der Waals surface area contributed by atoms with E-state index in [9.17, 15) is 4.79 Å². The predicted octanol–water partition coefficient (Wildman–Crippen LogP) is 3.12. The number of benzene rings is 1. The number of fused-ring (bicyclic) bond motifs is 1. The lowest BCUT2D eigenvalue weighted by atomic mass is 10.0. The van der Waals surface area contributed by atoms with Gasteiger partial charge in [0, 0.05) is 25.1 Å². The monoisotopic (exact) mass is 344 g/mol. The molecule has 0 spiro atoms. The van der Waals surface area contributed by atoms with Crippen LogP contribution < -0.4 is 9.47 Å². The molecule has 134 valence electrons. The highest BCUT2D eigenvalue weighted by Gasteiger charge is 2.32. The first kappa shape index (κ1) is 17.3. The molecule has 0 atom stereocenters. The fraction of sp³-hybridized carbons (Fsp3) is 0.474. The molecule has 0 saturated carbocycles. The molecule has 1 aromatic carbocycles. The van der Waals surface area contributed by atoms with Crippen molar-refractivity contribution in [3.8, 4) is 11.5 Å². The molecule has 0 N–H and O–H groups in total. The lowest BCUT2D eigenvalue weighted by Gasteiger charge is -2.19. The van der Waals surface area contributed by atoms with E-state index in [1.165, 1.54) is 0 Å². The second kappa shape index (κ2) is 6.78. The lowest BCUT2D eigenvalue weighted by molar-refractivity contribution is -0.131. The average molecular weight is 344 g/mol. The molecule has 6 nitrogen and oxygen atoms in total. The van der Waals surface area contributed by atoms with Crippen molar-refractivity contribution in [2.24, 2.45) is 0 Å². The topological polar surface area (TPSA) is 64.8 Å². The number of ether oxygens (including phenoxy) is 2. The molecule has 2 aromatic rings. The fourth-order valence-electron chi connectivity index (χ4n) is 2.96. The highest BCUT2D eigenvalue weighted by atomic mass is 16.5. The summed E-state index contributed by atoms with van der Waals surface area (Å²) in [4.78, 5) is 13.9. The highest BCUT2D eigenvalue weighted by Crippen LogP contribution is 2.41. The van der Waals surface area contributed by atoms with Gasteiger partial charge in [0.1, 0.15) is 17.1 Å². The van der Waals surface area contributed by atoms with Crippen molar-refractivity contribution in [1.29, 1.82) is 0 Å². The molecule has 0 fully saturated rings. The molecule has 1 aromatic heterocycles. The average Bonchev–Trinajstić information content (AvgIpc) is 3.08. The van der Waals surface area contributed by atoms with Crippen LogP contribution in [-0.2, 0) is 17.8 Å². The molecule has 0 unspecified atom stereocenters. The van der Waals surface area contributed by atoms with Gasteiger partial charge in [0.25, 0.3) is 0 Å². The number of rotatable bonds is 6. The molecule has 0 saturated heterocycles. The van der Waals surface area contributed by atoms with Crippen LogP contribution in [0.2, 0.25) is 0 Å². The van der Waals surface area contributed by atoms with Gasteiger partial charge < -0.3 is 18.9 Å². The van der Waals surface area contributed by atoms with Crippen LogP contribution in [0.15, 0.2) is 28.8 Å². The van der Waals surface area contributed by atoms with E-state index in [1.807, 2.05) is 25.1 Å². The Morgan fingerprint density at radius 3 is 2.92 bits per heavy atom. The minimum Gasteiger partial charge on any atom is -0.489 e. The molecular weight excluding hydrogens is 320 g/mol. The molecule has 2 heterocycles. The molecule has 1 amide bonds. The first-order valence-corrected chi connectivity index (χ1v) is 8.44. The molecule has 1 aliphatic rings. The van der Waals surface area contributed by atoms with Crippen molar-refractivity contribution in [3.05, 3.63) is 41.3 Å². The summed E-state index contributed by atoms with van der Waals surface area (Å²) in [5.41, 5.74) is 1.67. The van der Waals surface area contributed by atoms with Gasteiger partial charge in [-0.15, -0.1) is 0 Å². The Balaban J connectivity index is 1.52. The van der Waals surface area contributed by atoms with Crippen LogP contribution >= 0.6 is 0 Å². The Kier molecular flexibility index (Phi) is 4.70. The number of aryl methyl sites for hydroxylation is 1. The minimum atomic E-state index is -0.215. The normalized spacial score (nSPS) is 14.7. The molecule has 1 aliphatic heterocycles. The predicted molar refractivity (Wildman–Crippen MR) is 92.7 cm³/mol. The molecular formula is C19H24N2O4. The molecule has 6 heteroatoms. The summed E-state index contributed by atoms with van der Waals surface area (Å²) in [6.45, 7) is 6.67. The van der Waals surface area contributed by atoms with Gasteiger partial charge >= 0.3 is 0 Å². The van der Waals surface area contributed by atoms with E-state index in [-0.39, 0.29) is 11.5 Å². The number of carbonyl (C=O) groups is 1. The summed E-state index contributed by atoms with van der Waals surface area (Å²) < 4.78 is 16.8. The zero-order chi connectivity index (χ0) is 18.0. The van der Waals surface area contributed by atoms with Crippen molar-refractivity contribution in [2.75, 3.05) is 13.7 Å². The SMILES string of the molecule is Cc1cc(CN(C)C(=O)CCOc2cccc3c2OC(C)(C)C3)no1. The van der Waals surface area contributed by atoms with Crippen molar-refractivity contribution in [2.45, 2.75) is 45.8 Å². The van der Waals surface area contributed by atoms with Crippen LogP contribution in [0, 0.1) is 6.92 Å². The number of hydrogen-bond acceptors (Lipinski definition) is 5. The van der Waals surface area contributed by atoms with Crippen molar-refractivity contribution < 1.29 is 18.8 Å². The first-order chi connectivity index (χ1) is 11.8. The fourth-order valence-corrected chi connectivity index (χ4v) is 2.96. The Morgan fingerprint density at radius 1 is 1.40 bits per heavy atom. The first-order valence-electron chi connectivity index (χ1n) is 8.44. The van der Waals surface area contributed by atoms with Crippen LogP contribution in [0.25, 0.3) is 0 Å². The largest absolute Gasteiger partial charge is 0.489 e. The third-order valence-corrected chi connectivity index (χ3v) is 4.13. The highest BCUT2D eigenvalue weighted by molar-refractivity contribution is 5.76. The second-order valence-corrected chi connectivity index (χ2v) is 7.06. The van der Waals surface area contributed by atoms with Crippen molar-refractivity contribution in [1.82, 2.24) is 10.1 Å². The summed E-state index contributed by atoms with van der Waals surface area (Å²) in [5, 5.41) is 3.90. The zero-order valence-corrected chi connectivity index (χ0v) is 15.2. The van der Waals surface area contributed by atoms with Crippen molar-refractivity contribution >= 4 is 5.91 Å². The van der Waals surface area contributed by atoms with Gasteiger partial charge in [-0.1, -0.05) is 17.3 Å². The van der Waals surface area contributed by atoms with E-state index in [2.05, 4.69) is 25.1 Å². The summed E-state index contributed by atoms with van der Waals surface area (Å²) in [6.07, 6.45) is 1.15. The van der Waals surface area contributed by atoms with E-state index >= 15 is 0 Å². The zero-order valence-electron chi connectivity index (χ0n) is 15.2. The molecule has 0 aliphatic carbocycles. The summed E-state index contributed by atoms with van der Waals surface area (Å²) >= 11 is 0. The van der Waals surface area contributed by atoms with E-state index in [0.717, 1.165) is 29.2 Å². The standard InChI is InChI=1S/C19H24N2O4/c1-13-10-15(20-25-13)12-21(4)17(22)8-9-23-16-7-5-6-14-11-19(2,3)24-18(14)16/h5-7,10H,8-9,11-12H2,1-4H3. The molecule has 0 radical (unpaired) electrons. The van der Waals surface area contributed by atoms with E-state index in [1.54, 1.807) is 11.9 Å². The number of hydrogen-bond donors (Lipinski definition) is 0. The van der Waals surface area contributed by atoms with Crippen LogP contribution in [0.4, 0.5) is 0 Å². The number of nitrogens with zero attached hydrogens (tertiary/aromatic N) is 2. The maximum atomic E-state index is 12.2. The smallest absolute Gasteiger partial charge is 0.226 e. The Bertz CT molecular complexity index is 767. The van der Waals surface area contributed by atoms with Crippen LogP contribution in [0.1, 0.15) is 37.3 Å². The minimum absolute atomic E-state index is 0.00511. The van der Waals surface area contributed by atoms with Gasteiger partial charge in [-0.2, -0.15) is 0 Å². The van der Waals surface area contributed by atoms with Gasteiger partial charge in [0.15, 0.2) is 11.5 Å². The second-order valence-electron chi connectivity index (χ2n) is 7.06. The Morgan fingerprint density at radius 2 is 2.20 bits per heavy atom. The summed E-state index contributed by atoms with van der Waals surface area (Å²) in [5.74, 6) is 2.23. The number of aromatic nitrogens is 1. The quantitative estimate of drug-likeness (QED) is 0.805. The van der Waals surface area contributed by atoms with E-state index < -0.39 is 0 Å². The maximum absolute atomic E-state index is 12.2. The molecule has 0 bridgehead atoms. The van der Waals surface area contributed by atoms with Gasteiger partial charge in [-0.25, -0.2) is 0 Å². The van der Waals surface area contributed by atoms with Crippen LogP contribution in [0.5, 0.6) is 11.5 Å². The number of carbonyl (C=O) groups excluding carboxylic acids is 1. The van der Waals surface area contributed by atoms with Gasteiger partial charge in [-0.3, -0.25) is 4.79 Å². The Hall–Kier alpha value is -2.50. The molecule has 3 rings (SSSR count). The van der Waals surface area contributed by atoms with Crippen LogP contribution in [-0.4, -0.2) is 35.2 Å². The third-order valence-electron chi connectivity index (χ3n) is 4.13. The summed E-state index contributed by atoms with van der Waals surface area (Å²) in [6, 6.07) is 7.72. The van der Waals surface area contributed by atoms with Crippen LogP contribution in [0.3, 0.4) is 0 Å². The van der Waals surface area contributed by atoms with Crippen molar-refractivity contribution in [3.63, 3.8) is 0 Å². The Labute approximate surface area is 147 Å². The number of amides is 1. The van der Waals surface area contributed by atoms with E-state index in [0.29, 0.717) is 25.3 Å². The van der Waals surface area contributed by atoms with Gasteiger partial charge in [0.05, 0.1) is 19.6 Å².